The highest BCUT2D eigenvalue weighted by Gasteiger charge is 2.39. The van der Waals surface area contributed by atoms with Gasteiger partial charge in [-0.25, -0.2) is 4.90 Å². The third-order valence-corrected chi connectivity index (χ3v) is 6.05. The number of nitrogens with one attached hydrogen (secondary N) is 2. The lowest BCUT2D eigenvalue weighted by atomic mass is 10.1. The first-order chi connectivity index (χ1) is 16.8. The van der Waals surface area contributed by atoms with Crippen LogP contribution in [-0.4, -0.2) is 24.3 Å². The van der Waals surface area contributed by atoms with Crippen molar-refractivity contribution >= 4 is 58.0 Å². The van der Waals surface area contributed by atoms with Crippen LogP contribution in [-0.2, 0) is 9.59 Å². The normalized spacial score (nSPS) is 13.3. The van der Waals surface area contributed by atoms with E-state index in [1.807, 2.05) is 19.9 Å². The van der Waals surface area contributed by atoms with Crippen LogP contribution in [0, 0.1) is 6.92 Å². The second-order valence-corrected chi connectivity index (χ2v) is 8.44. The minimum atomic E-state index is -0.650. The average molecular weight is 510 g/mol. The van der Waals surface area contributed by atoms with Gasteiger partial charge in [-0.2, -0.15) is 0 Å². The molecule has 0 spiro atoms. The zero-order chi connectivity index (χ0) is 25.1. The quantitative estimate of drug-likeness (QED) is 0.396. The zero-order valence-corrected chi connectivity index (χ0v) is 20.4. The molecule has 1 heterocycles. The summed E-state index contributed by atoms with van der Waals surface area (Å²) >= 11 is 12.4. The number of rotatable bonds is 7. The number of imide groups is 1. The summed E-state index contributed by atoms with van der Waals surface area (Å²) in [5.41, 5.74) is 2.52. The topological polar surface area (TPSA) is 87.7 Å². The molecule has 3 aromatic carbocycles. The summed E-state index contributed by atoms with van der Waals surface area (Å²) in [6.07, 6.45) is 0. The smallest absolute Gasteiger partial charge is 0.283 e. The molecule has 0 saturated heterocycles. The number of amides is 3. The van der Waals surface area contributed by atoms with Gasteiger partial charge in [0.1, 0.15) is 16.5 Å². The fourth-order valence-corrected chi connectivity index (χ4v) is 3.85. The lowest BCUT2D eigenvalue weighted by molar-refractivity contribution is -0.120. The molecule has 3 amide bonds. The number of carbonyl (C=O) groups is 3. The van der Waals surface area contributed by atoms with Crippen molar-refractivity contribution < 1.29 is 19.1 Å². The lowest BCUT2D eigenvalue weighted by Gasteiger charge is -2.16. The van der Waals surface area contributed by atoms with Crippen molar-refractivity contribution in [1.29, 1.82) is 0 Å². The molecule has 0 bridgehead atoms. The van der Waals surface area contributed by atoms with Crippen molar-refractivity contribution in [2.75, 3.05) is 22.1 Å². The zero-order valence-electron chi connectivity index (χ0n) is 18.9. The van der Waals surface area contributed by atoms with Crippen LogP contribution in [0.1, 0.15) is 22.8 Å². The molecular formula is C26H21Cl2N3O4. The van der Waals surface area contributed by atoms with E-state index in [1.54, 1.807) is 54.6 Å². The van der Waals surface area contributed by atoms with Crippen LogP contribution in [0.2, 0.25) is 5.02 Å². The van der Waals surface area contributed by atoms with Crippen LogP contribution in [0.3, 0.4) is 0 Å². The molecular weight excluding hydrogens is 489 g/mol. The average Bonchev–Trinajstić information content (AvgIpc) is 3.06. The van der Waals surface area contributed by atoms with Crippen LogP contribution in [0.15, 0.2) is 77.5 Å². The van der Waals surface area contributed by atoms with E-state index in [0.29, 0.717) is 40.0 Å². The monoisotopic (exact) mass is 509 g/mol. The van der Waals surface area contributed by atoms with E-state index in [1.165, 1.54) is 6.07 Å². The van der Waals surface area contributed by atoms with Crippen LogP contribution in [0.5, 0.6) is 5.75 Å². The molecule has 0 radical (unpaired) electrons. The Balaban J connectivity index is 1.48. The number of benzene rings is 3. The van der Waals surface area contributed by atoms with E-state index in [0.717, 1.165) is 10.5 Å². The maximum Gasteiger partial charge on any atom is 0.283 e. The van der Waals surface area contributed by atoms with Gasteiger partial charge in [-0.1, -0.05) is 41.4 Å². The Bertz CT molecular complexity index is 1350. The Hall–Kier alpha value is -3.81. The molecule has 35 heavy (non-hydrogen) atoms. The summed E-state index contributed by atoms with van der Waals surface area (Å²) in [5.74, 6) is -1.00. The van der Waals surface area contributed by atoms with Crippen molar-refractivity contribution in [3.8, 4) is 5.75 Å². The molecule has 0 aliphatic carbocycles. The van der Waals surface area contributed by atoms with Gasteiger partial charge < -0.3 is 15.4 Å². The Morgan fingerprint density at radius 2 is 1.69 bits per heavy atom. The molecule has 3 aromatic rings. The van der Waals surface area contributed by atoms with E-state index in [2.05, 4.69) is 10.6 Å². The number of halogens is 2. The largest absolute Gasteiger partial charge is 0.492 e. The van der Waals surface area contributed by atoms with Crippen molar-refractivity contribution in [3.05, 3.63) is 93.6 Å². The molecule has 0 atom stereocenters. The molecule has 9 heteroatoms. The van der Waals surface area contributed by atoms with Gasteiger partial charge >= 0.3 is 0 Å². The number of nitrogens with zero attached hydrogens (tertiary/aromatic N) is 1. The van der Waals surface area contributed by atoms with E-state index in [9.17, 15) is 14.4 Å². The van der Waals surface area contributed by atoms with Gasteiger partial charge in [0.2, 0.25) is 0 Å². The van der Waals surface area contributed by atoms with Crippen molar-refractivity contribution in [3.63, 3.8) is 0 Å². The number of ether oxygens (including phenoxy) is 1. The highest BCUT2D eigenvalue weighted by atomic mass is 35.5. The van der Waals surface area contributed by atoms with Crippen molar-refractivity contribution in [2.24, 2.45) is 0 Å². The molecule has 0 unspecified atom stereocenters. The maximum absolute atomic E-state index is 13.0. The van der Waals surface area contributed by atoms with Gasteiger partial charge in [-0.15, -0.1) is 0 Å². The third-order valence-electron chi connectivity index (χ3n) is 5.29. The van der Waals surface area contributed by atoms with E-state index < -0.39 is 11.8 Å². The van der Waals surface area contributed by atoms with Gasteiger partial charge in [0.25, 0.3) is 17.7 Å². The van der Waals surface area contributed by atoms with Crippen LogP contribution < -0.4 is 20.3 Å². The van der Waals surface area contributed by atoms with E-state index in [-0.39, 0.29) is 16.6 Å². The fourth-order valence-electron chi connectivity index (χ4n) is 3.46. The summed E-state index contributed by atoms with van der Waals surface area (Å²) < 4.78 is 5.54. The predicted molar refractivity (Wildman–Crippen MR) is 137 cm³/mol. The molecule has 7 nitrogen and oxygen atoms in total. The predicted octanol–water partition coefficient (Wildman–Crippen LogP) is 5.74. The summed E-state index contributed by atoms with van der Waals surface area (Å²) in [7, 11) is 0. The first-order valence-electron chi connectivity index (χ1n) is 10.7. The number of para-hydroxylation sites is 2. The van der Waals surface area contributed by atoms with Gasteiger partial charge in [-0.3, -0.25) is 14.4 Å². The number of aryl methyl sites for hydroxylation is 1. The second kappa shape index (κ2) is 10.2. The van der Waals surface area contributed by atoms with Crippen LogP contribution in [0.4, 0.5) is 17.1 Å². The van der Waals surface area contributed by atoms with E-state index in [4.69, 9.17) is 27.9 Å². The highest BCUT2D eigenvalue weighted by Crippen LogP contribution is 2.32. The molecule has 4 rings (SSSR count). The van der Waals surface area contributed by atoms with E-state index >= 15 is 0 Å². The maximum atomic E-state index is 13.0. The minimum absolute atomic E-state index is 0.0591. The Kier molecular flexibility index (Phi) is 7.10. The van der Waals surface area contributed by atoms with Gasteiger partial charge in [-0.05, 0) is 67.9 Å². The molecule has 178 valence electrons. The van der Waals surface area contributed by atoms with Gasteiger partial charge in [0.15, 0.2) is 0 Å². The second-order valence-electron chi connectivity index (χ2n) is 7.65. The summed E-state index contributed by atoms with van der Waals surface area (Å²) in [6, 6.07) is 18.4. The molecule has 0 saturated carbocycles. The molecule has 1 aliphatic heterocycles. The first kappa shape index (κ1) is 24.3. The van der Waals surface area contributed by atoms with Crippen molar-refractivity contribution in [2.45, 2.75) is 13.8 Å². The SMILES string of the molecule is CCOc1ccccc1NC(=O)c1ccc(NC2=C(Cl)C(=O)N(c3ccc(C)c(Cl)c3)C2=O)cc1. The van der Waals surface area contributed by atoms with Crippen LogP contribution >= 0.6 is 23.2 Å². The highest BCUT2D eigenvalue weighted by molar-refractivity contribution is 6.53. The van der Waals surface area contributed by atoms with Gasteiger partial charge in [0, 0.05) is 16.3 Å². The van der Waals surface area contributed by atoms with Crippen molar-refractivity contribution in [1.82, 2.24) is 0 Å². The summed E-state index contributed by atoms with van der Waals surface area (Å²) in [4.78, 5) is 39.3. The Morgan fingerprint density at radius 1 is 0.971 bits per heavy atom. The Morgan fingerprint density at radius 3 is 2.37 bits per heavy atom. The molecule has 2 N–H and O–H groups in total. The third kappa shape index (κ3) is 5.01. The standard InChI is InChI=1S/C26H21Cl2N3O4/c1-3-35-21-7-5-4-6-20(21)30-24(32)16-9-11-17(12-10-16)29-23-22(28)25(33)31(26(23)34)18-13-8-15(2)19(27)14-18/h4-14,29H,3H2,1-2H3,(H,30,32). The number of hydrogen-bond donors (Lipinski definition) is 2. The summed E-state index contributed by atoms with van der Waals surface area (Å²) in [6.45, 7) is 4.16. The first-order valence-corrected chi connectivity index (χ1v) is 11.5. The summed E-state index contributed by atoms with van der Waals surface area (Å²) in [5, 5.41) is 5.91. The number of anilines is 3. The molecule has 0 aromatic heterocycles. The number of carbonyl (C=O) groups excluding carboxylic acids is 3. The van der Waals surface area contributed by atoms with Crippen LogP contribution in [0.25, 0.3) is 0 Å². The lowest BCUT2D eigenvalue weighted by Crippen LogP contribution is -2.32. The molecule has 1 aliphatic rings. The molecule has 0 fully saturated rings. The fraction of sp³-hybridized carbons (Fsp3) is 0.115. The Labute approximate surface area is 212 Å². The number of hydrogen-bond acceptors (Lipinski definition) is 5. The van der Waals surface area contributed by atoms with Gasteiger partial charge in [0.05, 0.1) is 18.0 Å². The minimum Gasteiger partial charge on any atom is -0.492 e.